The van der Waals surface area contributed by atoms with Crippen LogP contribution in [-0.4, -0.2) is 4.98 Å². The van der Waals surface area contributed by atoms with Gasteiger partial charge in [-0.25, -0.2) is 4.98 Å². The van der Waals surface area contributed by atoms with Crippen LogP contribution >= 0.6 is 27.5 Å². The van der Waals surface area contributed by atoms with Gasteiger partial charge in [0.15, 0.2) is 0 Å². The summed E-state index contributed by atoms with van der Waals surface area (Å²) >= 11 is 9.32. The van der Waals surface area contributed by atoms with Gasteiger partial charge in [-0.1, -0.05) is 27.5 Å². The number of hydrogen-bond donors (Lipinski definition) is 0. The van der Waals surface area contributed by atoms with Crippen LogP contribution in [0.25, 0.3) is 0 Å². The maximum Gasteiger partial charge on any atom is 0.132 e. The molecule has 0 spiro atoms. The Morgan fingerprint density at radius 3 is 2.35 bits per heavy atom. The van der Waals surface area contributed by atoms with Crippen molar-refractivity contribution in [2.45, 2.75) is 13.8 Å². The molecular formula is C13H11BrClNO. The molecule has 0 unspecified atom stereocenters. The number of aromatic nitrogens is 1. The Balaban J connectivity index is 2.31. The van der Waals surface area contributed by atoms with E-state index in [1.165, 1.54) is 0 Å². The van der Waals surface area contributed by atoms with Gasteiger partial charge in [0.05, 0.1) is 0 Å². The van der Waals surface area contributed by atoms with Gasteiger partial charge in [0.1, 0.15) is 16.7 Å². The third kappa shape index (κ3) is 2.99. The van der Waals surface area contributed by atoms with Crippen LogP contribution < -0.4 is 4.74 Å². The van der Waals surface area contributed by atoms with Crippen LogP contribution in [0.15, 0.2) is 34.9 Å². The lowest BCUT2D eigenvalue weighted by Crippen LogP contribution is -1.89. The molecule has 0 amide bonds. The van der Waals surface area contributed by atoms with Gasteiger partial charge < -0.3 is 4.74 Å². The lowest BCUT2D eigenvalue weighted by Gasteiger charge is -2.09. The summed E-state index contributed by atoms with van der Waals surface area (Å²) in [5.74, 6) is 1.48. The Morgan fingerprint density at radius 1 is 1.12 bits per heavy atom. The van der Waals surface area contributed by atoms with E-state index in [1.54, 1.807) is 18.3 Å². The zero-order valence-corrected chi connectivity index (χ0v) is 11.8. The first-order valence-electron chi connectivity index (χ1n) is 5.12. The molecule has 0 aliphatic heterocycles. The second-order valence-electron chi connectivity index (χ2n) is 3.79. The number of pyridine rings is 1. The van der Waals surface area contributed by atoms with Crippen molar-refractivity contribution < 1.29 is 4.74 Å². The molecule has 0 aliphatic rings. The highest BCUT2D eigenvalue weighted by Gasteiger charge is 2.04. The van der Waals surface area contributed by atoms with Gasteiger partial charge in [0.2, 0.25) is 0 Å². The molecule has 1 heterocycles. The second-order valence-corrected chi connectivity index (χ2v) is 4.97. The average Bonchev–Trinajstić information content (AvgIpc) is 2.26. The zero-order valence-electron chi connectivity index (χ0n) is 9.50. The van der Waals surface area contributed by atoms with Crippen molar-refractivity contribution in [3.63, 3.8) is 0 Å². The van der Waals surface area contributed by atoms with Crippen molar-refractivity contribution in [1.29, 1.82) is 0 Å². The highest BCUT2D eigenvalue weighted by molar-refractivity contribution is 9.10. The number of nitrogens with zero attached hydrogens (tertiary/aromatic N) is 1. The zero-order chi connectivity index (χ0) is 12.4. The van der Waals surface area contributed by atoms with Crippen LogP contribution in [0.5, 0.6) is 11.5 Å². The molecule has 0 aliphatic carbocycles. The molecule has 88 valence electrons. The summed E-state index contributed by atoms with van der Waals surface area (Å²) in [7, 11) is 0. The van der Waals surface area contributed by atoms with Crippen LogP contribution in [0.4, 0.5) is 0 Å². The lowest BCUT2D eigenvalue weighted by atomic mass is 10.1. The van der Waals surface area contributed by atoms with Crippen molar-refractivity contribution in [2.24, 2.45) is 0 Å². The minimum Gasteiger partial charge on any atom is -0.457 e. The minimum absolute atomic E-state index is 0.424. The van der Waals surface area contributed by atoms with E-state index in [-0.39, 0.29) is 0 Å². The first-order valence-corrected chi connectivity index (χ1v) is 6.29. The van der Waals surface area contributed by atoms with E-state index in [2.05, 4.69) is 20.9 Å². The summed E-state index contributed by atoms with van der Waals surface area (Å²) in [6, 6.07) is 7.42. The molecule has 0 bridgehead atoms. The monoisotopic (exact) mass is 311 g/mol. The Bertz CT molecular complexity index is 534. The summed E-state index contributed by atoms with van der Waals surface area (Å²) in [4.78, 5) is 3.91. The molecule has 0 saturated carbocycles. The van der Waals surface area contributed by atoms with E-state index >= 15 is 0 Å². The normalized spacial score (nSPS) is 10.4. The number of halogens is 2. The standard InChI is InChI=1S/C13H11BrClNO/c1-8-5-11(6-9(2)13(8)14)17-10-3-4-16-12(15)7-10/h3-7H,1-2H3. The van der Waals surface area contributed by atoms with Gasteiger partial charge >= 0.3 is 0 Å². The molecule has 2 nitrogen and oxygen atoms in total. The molecule has 1 aromatic carbocycles. The molecule has 0 atom stereocenters. The van der Waals surface area contributed by atoms with E-state index in [9.17, 15) is 0 Å². The van der Waals surface area contributed by atoms with E-state index in [1.807, 2.05) is 26.0 Å². The van der Waals surface area contributed by atoms with Crippen LogP contribution in [0.3, 0.4) is 0 Å². The highest BCUT2D eigenvalue weighted by Crippen LogP contribution is 2.29. The average molecular weight is 313 g/mol. The first-order chi connectivity index (χ1) is 8.06. The van der Waals surface area contributed by atoms with Crippen molar-refractivity contribution in [3.8, 4) is 11.5 Å². The minimum atomic E-state index is 0.424. The molecule has 0 saturated heterocycles. The van der Waals surface area contributed by atoms with Crippen LogP contribution in [0.1, 0.15) is 11.1 Å². The molecule has 1 aromatic heterocycles. The summed E-state index contributed by atoms with van der Waals surface area (Å²) in [5, 5.41) is 0.424. The van der Waals surface area contributed by atoms with Gasteiger partial charge in [-0.15, -0.1) is 0 Å². The highest BCUT2D eigenvalue weighted by atomic mass is 79.9. The number of hydrogen-bond acceptors (Lipinski definition) is 2. The molecule has 2 rings (SSSR count). The van der Waals surface area contributed by atoms with Gasteiger partial charge in [0, 0.05) is 16.7 Å². The molecule has 0 radical (unpaired) electrons. The number of benzene rings is 1. The summed E-state index contributed by atoms with van der Waals surface area (Å²) in [5.41, 5.74) is 2.28. The molecule has 0 N–H and O–H groups in total. The van der Waals surface area contributed by atoms with Crippen molar-refractivity contribution in [1.82, 2.24) is 4.98 Å². The quantitative estimate of drug-likeness (QED) is 0.735. The first kappa shape index (κ1) is 12.4. The number of ether oxygens (including phenoxy) is 1. The largest absolute Gasteiger partial charge is 0.457 e. The Hall–Kier alpha value is -1.06. The molecule has 0 fully saturated rings. The smallest absolute Gasteiger partial charge is 0.132 e. The Morgan fingerprint density at radius 2 is 1.76 bits per heavy atom. The summed E-state index contributed by atoms with van der Waals surface area (Å²) in [6.07, 6.45) is 1.62. The third-order valence-electron chi connectivity index (χ3n) is 2.34. The van der Waals surface area contributed by atoms with Crippen LogP contribution in [0.2, 0.25) is 5.15 Å². The Labute approximate surface area is 114 Å². The maximum absolute atomic E-state index is 5.80. The predicted octanol–water partition coefficient (Wildman–Crippen LogP) is 4.91. The number of aryl methyl sites for hydroxylation is 2. The van der Waals surface area contributed by atoms with Crippen LogP contribution in [0, 0.1) is 13.8 Å². The summed E-state index contributed by atoms with van der Waals surface area (Å²) < 4.78 is 6.84. The van der Waals surface area contributed by atoms with Gasteiger partial charge in [-0.05, 0) is 43.2 Å². The van der Waals surface area contributed by atoms with Gasteiger partial charge in [-0.2, -0.15) is 0 Å². The lowest BCUT2D eigenvalue weighted by molar-refractivity contribution is 0.481. The van der Waals surface area contributed by atoms with E-state index < -0.39 is 0 Å². The fourth-order valence-electron chi connectivity index (χ4n) is 1.55. The topological polar surface area (TPSA) is 22.1 Å². The molecule has 4 heteroatoms. The van der Waals surface area contributed by atoms with Crippen LogP contribution in [-0.2, 0) is 0 Å². The molecule has 17 heavy (non-hydrogen) atoms. The van der Waals surface area contributed by atoms with E-state index in [0.29, 0.717) is 10.9 Å². The third-order valence-corrected chi connectivity index (χ3v) is 3.80. The second kappa shape index (κ2) is 5.07. The van der Waals surface area contributed by atoms with Gasteiger partial charge in [-0.3, -0.25) is 0 Å². The Kier molecular flexibility index (Phi) is 3.69. The van der Waals surface area contributed by atoms with E-state index in [0.717, 1.165) is 21.3 Å². The SMILES string of the molecule is Cc1cc(Oc2ccnc(Cl)c2)cc(C)c1Br. The van der Waals surface area contributed by atoms with Gasteiger partial charge in [0.25, 0.3) is 0 Å². The maximum atomic E-state index is 5.80. The van der Waals surface area contributed by atoms with E-state index in [4.69, 9.17) is 16.3 Å². The molecular weight excluding hydrogens is 302 g/mol. The van der Waals surface area contributed by atoms with Crippen molar-refractivity contribution >= 4 is 27.5 Å². The van der Waals surface area contributed by atoms with Crippen molar-refractivity contribution in [3.05, 3.63) is 51.2 Å². The summed E-state index contributed by atoms with van der Waals surface area (Å²) in [6.45, 7) is 4.06. The predicted molar refractivity (Wildman–Crippen MR) is 72.9 cm³/mol. The van der Waals surface area contributed by atoms with Crippen molar-refractivity contribution in [2.75, 3.05) is 0 Å². The fourth-order valence-corrected chi connectivity index (χ4v) is 1.94. The number of rotatable bonds is 2. The fraction of sp³-hybridized carbons (Fsp3) is 0.154. The molecule has 2 aromatic rings.